The Bertz CT molecular complexity index is 743. The number of imidazole rings is 2. The monoisotopic (exact) mass is 360 g/mol. The van der Waals surface area contributed by atoms with Crippen molar-refractivity contribution in [2.75, 3.05) is 0 Å². The van der Waals surface area contributed by atoms with Crippen molar-refractivity contribution in [2.45, 2.75) is 26.7 Å². The minimum Gasteiger partial charge on any atom is -0.342 e. The van der Waals surface area contributed by atoms with Crippen LogP contribution >= 0.6 is 27.0 Å². The molecule has 4 nitrogen and oxygen atoms in total. The molecule has 0 saturated carbocycles. The van der Waals surface area contributed by atoms with Gasteiger partial charge in [-0.25, -0.2) is 9.97 Å². The van der Waals surface area contributed by atoms with Crippen molar-refractivity contribution < 1.29 is 0 Å². The highest BCUT2D eigenvalue weighted by molar-refractivity contribution is 7.59. The van der Waals surface area contributed by atoms with Crippen molar-refractivity contribution in [1.82, 2.24) is 19.9 Å². The van der Waals surface area contributed by atoms with Crippen LogP contribution in [0.25, 0.3) is 22.1 Å². The summed E-state index contributed by atoms with van der Waals surface area (Å²) in [6.07, 6.45) is 1.93. The maximum atomic E-state index is 4.38. The number of para-hydroxylation sites is 4. The molecule has 2 heterocycles. The standard InChI is InChI=1S/2C9H10N2.2H2S/c2*1-2-9-10-7-5-3-4-6-8(7)11-9;;/h2*3-6H,2H2,1H3,(H,10,11);2*1H2. The zero-order valence-electron chi connectivity index (χ0n) is 13.9. The predicted molar refractivity (Wildman–Crippen MR) is 112 cm³/mol. The van der Waals surface area contributed by atoms with E-state index in [2.05, 4.69) is 33.8 Å². The molecule has 2 aromatic carbocycles. The summed E-state index contributed by atoms with van der Waals surface area (Å²) in [4.78, 5) is 15.2. The highest BCUT2D eigenvalue weighted by atomic mass is 32.1. The first-order valence-electron chi connectivity index (χ1n) is 7.67. The van der Waals surface area contributed by atoms with Gasteiger partial charge in [0.05, 0.1) is 22.1 Å². The summed E-state index contributed by atoms with van der Waals surface area (Å²) < 4.78 is 0. The van der Waals surface area contributed by atoms with Gasteiger partial charge >= 0.3 is 0 Å². The van der Waals surface area contributed by atoms with Gasteiger partial charge in [0, 0.05) is 12.8 Å². The Kier molecular flexibility index (Phi) is 7.88. The average Bonchev–Trinajstić information content (AvgIpc) is 3.18. The second-order valence-corrected chi connectivity index (χ2v) is 5.11. The highest BCUT2D eigenvalue weighted by Crippen LogP contribution is 2.10. The average molecular weight is 361 g/mol. The third-order valence-corrected chi connectivity index (χ3v) is 3.55. The summed E-state index contributed by atoms with van der Waals surface area (Å²) in [6.45, 7) is 4.19. The lowest BCUT2D eigenvalue weighted by Gasteiger charge is -1.82. The number of H-pyrrole nitrogens is 2. The number of hydrogen-bond acceptors (Lipinski definition) is 2. The molecule has 0 aliphatic rings. The molecule has 4 aromatic rings. The molecule has 0 amide bonds. The molecule has 24 heavy (non-hydrogen) atoms. The van der Waals surface area contributed by atoms with Crippen LogP contribution in [-0.4, -0.2) is 19.9 Å². The number of hydrogen-bond donors (Lipinski definition) is 2. The lowest BCUT2D eigenvalue weighted by Crippen LogP contribution is -1.79. The number of rotatable bonds is 2. The van der Waals surface area contributed by atoms with Crippen molar-refractivity contribution >= 4 is 49.1 Å². The van der Waals surface area contributed by atoms with Gasteiger partial charge in [0.2, 0.25) is 0 Å². The minimum absolute atomic E-state index is 0. The fraction of sp³-hybridized carbons (Fsp3) is 0.222. The van der Waals surface area contributed by atoms with Crippen LogP contribution in [0.3, 0.4) is 0 Å². The molecule has 0 bridgehead atoms. The van der Waals surface area contributed by atoms with Crippen LogP contribution < -0.4 is 0 Å². The first-order chi connectivity index (χ1) is 10.8. The van der Waals surface area contributed by atoms with Gasteiger partial charge in [0.25, 0.3) is 0 Å². The summed E-state index contributed by atoms with van der Waals surface area (Å²) in [5.74, 6) is 2.12. The van der Waals surface area contributed by atoms with Crippen LogP contribution in [0.2, 0.25) is 0 Å². The van der Waals surface area contributed by atoms with Crippen LogP contribution in [-0.2, 0) is 12.8 Å². The van der Waals surface area contributed by atoms with E-state index in [9.17, 15) is 0 Å². The van der Waals surface area contributed by atoms with Crippen LogP contribution in [0.1, 0.15) is 25.5 Å². The Labute approximate surface area is 156 Å². The molecule has 4 rings (SSSR count). The van der Waals surface area contributed by atoms with E-state index in [-0.39, 0.29) is 27.0 Å². The van der Waals surface area contributed by atoms with E-state index >= 15 is 0 Å². The summed E-state index contributed by atoms with van der Waals surface area (Å²) >= 11 is 0. The normalized spacial score (nSPS) is 9.75. The summed E-state index contributed by atoms with van der Waals surface area (Å²) in [5.41, 5.74) is 4.38. The molecule has 128 valence electrons. The predicted octanol–water partition coefficient (Wildman–Crippen LogP) is 4.48. The van der Waals surface area contributed by atoms with Crippen LogP contribution in [0.4, 0.5) is 0 Å². The first-order valence-corrected chi connectivity index (χ1v) is 7.67. The number of aromatic amines is 2. The van der Waals surface area contributed by atoms with Gasteiger partial charge < -0.3 is 9.97 Å². The van der Waals surface area contributed by atoms with Crippen molar-refractivity contribution in [3.63, 3.8) is 0 Å². The summed E-state index contributed by atoms with van der Waals surface area (Å²) in [5, 5.41) is 0. The largest absolute Gasteiger partial charge is 0.342 e. The van der Waals surface area contributed by atoms with Crippen molar-refractivity contribution in [3.05, 3.63) is 60.2 Å². The lowest BCUT2D eigenvalue weighted by molar-refractivity contribution is 1.00. The van der Waals surface area contributed by atoms with Gasteiger partial charge in [-0.1, -0.05) is 38.1 Å². The Morgan fingerprint density at radius 3 is 1.38 bits per heavy atom. The maximum absolute atomic E-state index is 4.38. The van der Waals surface area contributed by atoms with Gasteiger partial charge in [-0.15, -0.1) is 0 Å². The zero-order valence-corrected chi connectivity index (χ0v) is 15.9. The van der Waals surface area contributed by atoms with E-state index in [1.54, 1.807) is 0 Å². The van der Waals surface area contributed by atoms with Gasteiger partial charge in [0.1, 0.15) is 11.6 Å². The number of aromatic nitrogens is 4. The Hall–Kier alpha value is -1.92. The van der Waals surface area contributed by atoms with Gasteiger partial charge in [-0.3, -0.25) is 0 Å². The third-order valence-electron chi connectivity index (χ3n) is 3.55. The Morgan fingerprint density at radius 2 is 1.04 bits per heavy atom. The van der Waals surface area contributed by atoms with E-state index in [0.717, 1.165) is 46.6 Å². The maximum Gasteiger partial charge on any atom is 0.106 e. The minimum atomic E-state index is 0. The van der Waals surface area contributed by atoms with Gasteiger partial charge in [-0.05, 0) is 24.3 Å². The molecule has 2 N–H and O–H groups in total. The molecule has 0 fully saturated rings. The van der Waals surface area contributed by atoms with E-state index in [4.69, 9.17) is 0 Å². The van der Waals surface area contributed by atoms with Crippen LogP contribution in [0, 0.1) is 0 Å². The fourth-order valence-corrected chi connectivity index (χ4v) is 2.35. The number of fused-ring (bicyclic) bond motifs is 2. The van der Waals surface area contributed by atoms with Gasteiger partial charge in [-0.2, -0.15) is 27.0 Å². The second kappa shape index (κ2) is 9.39. The summed E-state index contributed by atoms with van der Waals surface area (Å²) in [6, 6.07) is 16.2. The topological polar surface area (TPSA) is 57.4 Å². The molecule has 0 spiro atoms. The Balaban J connectivity index is 0.000000222. The second-order valence-electron chi connectivity index (χ2n) is 5.11. The smallest absolute Gasteiger partial charge is 0.106 e. The molecule has 0 unspecified atom stereocenters. The SMILES string of the molecule is CCc1nc2ccccc2[nH]1.CCc1nc2ccccc2[nH]1.S.S. The third kappa shape index (κ3) is 4.55. The van der Waals surface area contributed by atoms with Gasteiger partial charge in [0.15, 0.2) is 0 Å². The zero-order chi connectivity index (χ0) is 15.4. The van der Waals surface area contributed by atoms with Crippen molar-refractivity contribution in [1.29, 1.82) is 0 Å². The number of benzene rings is 2. The molecule has 0 atom stereocenters. The number of nitrogens with one attached hydrogen (secondary N) is 2. The van der Waals surface area contributed by atoms with Crippen molar-refractivity contribution in [3.8, 4) is 0 Å². The molecule has 0 saturated heterocycles. The molecule has 6 heteroatoms. The van der Waals surface area contributed by atoms with Crippen LogP contribution in [0.5, 0.6) is 0 Å². The summed E-state index contributed by atoms with van der Waals surface area (Å²) in [7, 11) is 0. The van der Waals surface area contributed by atoms with E-state index in [0.29, 0.717) is 0 Å². The van der Waals surface area contributed by atoms with E-state index in [1.807, 2.05) is 48.5 Å². The lowest BCUT2D eigenvalue weighted by atomic mass is 10.3. The molecular weight excluding hydrogens is 336 g/mol. The van der Waals surface area contributed by atoms with E-state index < -0.39 is 0 Å². The van der Waals surface area contributed by atoms with Crippen LogP contribution in [0.15, 0.2) is 48.5 Å². The molecule has 0 radical (unpaired) electrons. The highest BCUT2D eigenvalue weighted by Gasteiger charge is 1.98. The fourth-order valence-electron chi connectivity index (χ4n) is 2.35. The van der Waals surface area contributed by atoms with Crippen molar-refractivity contribution in [2.24, 2.45) is 0 Å². The first kappa shape index (κ1) is 20.1. The Morgan fingerprint density at radius 1 is 0.667 bits per heavy atom. The molecule has 0 aliphatic heterocycles. The molecule has 0 aliphatic carbocycles. The molecule has 2 aromatic heterocycles. The quantitative estimate of drug-likeness (QED) is 0.554. The van der Waals surface area contributed by atoms with E-state index in [1.165, 1.54) is 0 Å². The number of nitrogens with zero attached hydrogens (tertiary/aromatic N) is 2. The molecular formula is C18H24N4S2. The number of aryl methyl sites for hydroxylation is 2.